The second kappa shape index (κ2) is 6.67. The van der Waals surface area contributed by atoms with Crippen molar-refractivity contribution < 1.29 is 9.47 Å². The summed E-state index contributed by atoms with van der Waals surface area (Å²) in [5.74, 6) is 2.04. The molecule has 0 spiro atoms. The van der Waals surface area contributed by atoms with Crippen molar-refractivity contribution in [1.29, 1.82) is 0 Å². The number of fused-ring (bicyclic) bond motifs is 1. The summed E-state index contributed by atoms with van der Waals surface area (Å²) in [5.41, 5.74) is 3.82. The van der Waals surface area contributed by atoms with Gasteiger partial charge in [-0.15, -0.1) is 0 Å². The number of likely N-dealkylation sites (N-methyl/N-ethyl adjacent to an activating group) is 1. The minimum absolute atomic E-state index is 0.538. The lowest BCUT2D eigenvalue weighted by atomic mass is 9.90. The standard InChI is InChI=1S/C17H28N2O2/c1-7-19-11-15-14(8-12(19)2)17(21-6)13(10-18(3)4)9-16(15)20-5/h9,12H,7-8,10-11H2,1-6H3. The van der Waals surface area contributed by atoms with Gasteiger partial charge in [0.25, 0.3) is 0 Å². The molecule has 0 bridgehead atoms. The van der Waals surface area contributed by atoms with Crippen molar-refractivity contribution in [3.63, 3.8) is 0 Å². The molecule has 1 unspecified atom stereocenters. The molecule has 21 heavy (non-hydrogen) atoms. The fraction of sp³-hybridized carbons (Fsp3) is 0.647. The number of hydrogen-bond donors (Lipinski definition) is 0. The van der Waals surface area contributed by atoms with Crippen molar-refractivity contribution in [3.05, 3.63) is 22.8 Å². The molecule has 0 amide bonds. The van der Waals surface area contributed by atoms with E-state index in [9.17, 15) is 0 Å². The minimum atomic E-state index is 0.538. The summed E-state index contributed by atoms with van der Waals surface area (Å²) in [4.78, 5) is 4.64. The highest BCUT2D eigenvalue weighted by Crippen LogP contribution is 2.39. The van der Waals surface area contributed by atoms with Gasteiger partial charge in [-0.3, -0.25) is 4.90 Å². The maximum absolute atomic E-state index is 5.76. The Morgan fingerprint density at radius 2 is 1.95 bits per heavy atom. The second-order valence-electron chi connectivity index (χ2n) is 6.08. The van der Waals surface area contributed by atoms with Gasteiger partial charge in [-0.1, -0.05) is 6.92 Å². The average Bonchev–Trinajstić information content (AvgIpc) is 2.45. The highest BCUT2D eigenvalue weighted by Gasteiger charge is 2.28. The molecule has 4 heteroatoms. The first kappa shape index (κ1) is 16.1. The predicted octanol–water partition coefficient (Wildman–Crippen LogP) is 2.53. The lowest BCUT2D eigenvalue weighted by Crippen LogP contribution is -2.38. The van der Waals surface area contributed by atoms with E-state index in [4.69, 9.17) is 9.47 Å². The summed E-state index contributed by atoms with van der Waals surface area (Å²) in [6, 6.07) is 2.68. The van der Waals surface area contributed by atoms with Crippen LogP contribution in [0.5, 0.6) is 11.5 Å². The fourth-order valence-corrected chi connectivity index (χ4v) is 3.28. The van der Waals surface area contributed by atoms with Gasteiger partial charge >= 0.3 is 0 Å². The van der Waals surface area contributed by atoms with E-state index in [-0.39, 0.29) is 0 Å². The fourth-order valence-electron chi connectivity index (χ4n) is 3.28. The lowest BCUT2D eigenvalue weighted by Gasteiger charge is -2.36. The summed E-state index contributed by atoms with van der Waals surface area (Å²) in [6.45, 7) is 7.36. The summed E-state index contributed by atoms with van der Waals surface area (Å²) in [6.07, 6.45) is 1.02. The molecule has 1 aromatic carbocycles. The minimum Gasteiger partial charge on any atom is -0.496 e. The number of nitrogens with zero attached hydrogens (tertiary/aromatic N) is 2. The van der Waals surface area contributed by atoms with Gasteiger partial charge in [-0.2, -0.15) is 0 Å². The molecule has 1 heterocycles. The number of rotatable bonds is 5. The van der Waals surface area contributed by atoms with Crippen LogP contribution in [0.15, 0.2) is 6.07 Å². The maximum Gasteiger partial charge on any atom is 0.127 e. The SMILES string of the molecule is CCN1Cc2c(OC)cc(CN(C)C)c(OC)c2CC1C. The molecule has 0 saturated carbocycles. The monoisotopic (exact) mass is 292 g/mol. The molecule has 0 radical (unpaired) electrons. The zero-order valence-electron chi connectivity index (χ0n) is 14.2. The molecule has 118 valence electrons. The van der Waals surface area contributed by atoms with Crippen LogP contribution in [0.25, 0.3) is 0 Å². The van der Waals surface area contributed by atoms with Crippen LogP contribution < -0.4 is 9.47 Å². The highest BCUT2D eigenvalue weighted by molar-refractivity contribution is 5.55. The van der Waals surface area contributed by atoms with Crippen LogP contribution in [0.4, 0.5) is 0 Å². The lowest BCUT2D eigenvalue weighted by molar-refractivity contribution is 0.188. The van der Waals surface area contributed by atoms with Gasteiger partial charge in [0.05, 0.1) is 14.2 Å². The quantitative estimate of drug-likeness (QED) is 0.832. The molecule has 1 atom stereocenters. The van der Waals surface area contributed by atoms with Gasteiger partial charge < -0.3 is 14.4 Å². The van der Waals surface area contributed by atoms with Gasteiger partial charge in [0.15, 0.2) is 0 Å². The van der Waals surface area contributed by atoms with E-state index in [1.807, 2.05) is 0 Å². The molecule has 0 N–H and O–H groups in total. The summed E-state index contributed by atoms with van der Waals surface area (Å²) in [5, 5.41) is 0. The number of benzene rings is 1. The van der Waals surface area contributed by atoms with E-state index in [0.717, 1.165) is 37.6 Å². The number of hydrogen-bond acceptors (Lipinski definition) is 4. The van der Waals surface area contributed by atoms with Crippen LogP contribution in [0, 0.1) is 0 Å². The molecular weight excluding hydrogens is 264 g/mol. The third-order valence-corrected chi connectivity index (χ3v) is 4.33. The molecule has 0 aliphatic carbocycles. The first-order chi connectivity index (χ1) is 10.0. The molecular formula is C17H28N2O2. The zero-order chi connectivity index (χ0) is 15.6. The summed E-state index contributed by atoms with van der Waals surface area (Å²) in [7, 11) is 7.69. The molecule has 0 saturated heterocycles. The Morgan fingerprint density at radius 3 is 2.48 bits per heavy atom. The zero-order valence-corrected chi connectivity index (χ0v) is 14.2. The Kier molecular flexibility index (Phi) is 5.12. The van der Waals surface area contributed by atoms with Crippen molar-refractivity contribution in [1.82, 2.24) is 9.80 Å². The van der Waals surface area contributed by atoms with Crippen LogP contribution in [0.3, 0.4) is 0 Å². The third kappa shape index (κ3) is 3.16. The molecule has 0 fully saturated rings. The van der Waals surface area contributed by atoms with Crippen LogP contribution in [0.1, 0.15) is 30.5 Å². The van der Waals surface area contributed by atoms with Crippen LogP contribution >= 0.6 is 0 Å². The van der Waals surface area contributed by atoms with Gasteiger partial charge in [-0.25, -0.2) is 0 Å². The summed E-state index contributed by atoms with van der Waals surface area (Å²) >= 11 is 0. The van der Waals surface area contributed by atoms with Crippen molar-refractivity contribution in [2.75, 3.05) is 34.9 Å². The van der Waals surface area contributed by atoms with Crippen LogP contribution in [-0.4, -0.2) is 50.7 Å². The maximum atomic E-state index is 5.76. The van der Waals surface area contributed by atoms with E-state index in [1.54, 1.807) is 14.2 Å². The predicted molar refractivity (Wildman–Crippen MR) is 86.2 cm³/mol. The Morgan fingerprint density at radius 1 is 1.24 bits per heavy atom. The van der Waals surface area contributed by atoms with Crippen molar-refractivity contribution in [2.45, 2.75) is 39.4 Å². The van der Waals surface area contributed by atoms with Gasteiger partial charge in [0, 0.05) is 35.8 Å². The van der Waals surface area contributed by atoms with Gasteiger partial charge in [-0.05, 0) is 40.1 Å². The largest absolute Gasteiger partial charge is 0.496 e. The Balaban J connectivity index is 2.54. The first-order valence-corrected chi connectivity index (χ1v) is 7.66. The van der Waals surface area contributed by atoms with Crippen molar-refractivity contribution in [3.8, 4) is 11.5 Å². The second-order valence-corrected chi connectivity index (χ2v) is 6.08. The topological polar surface area (TPSA) is 24.9 Å². The number of ether oxygens (including phenoxy) is 2. The normalized spacial score (nSPS) is 18.7. The van der Waals surface area contributed by atoms with E-state index < -0.39 is 0 Å². The van der Waals surface area contributed by atoms with Gasteiger partial charge in [0.1, 0.15) is 11.5 Å². The number of methoxy groups -OCH3 is 2. The molecule has 1 aliphatic rings. The smallest absolute Gasteiger partial charge is 0.127 e. The molecule has 2 rings (SSSR count). The first-order valence-electron chi connectivity index (χ1n) is 7.66. The Hall–Kier alpha value is -1.26. The van der Waals surface area contributed by atoms with Crippen LogP contribution in [0.2, 0.25) is 0 Å². The van der Waals surface area contributed by atoms with Crippen molar-refractivity contribution in [2.24, 2.45) is 0 Å². The third-order valence-electron chi connectivity index (χ3n) is 4.33. The van der Waals surface area contributed by atoms with Crippen LogP contribution in [-0.2, 0) is 19.5 Å². The van der Waals surface area contributed by atoms with Gasteiger partial charge in [0.2, 0.25) is 0 Å². The highest BCUT2D eigenvalue weighted by atomic mass is 16.5. The molecule has 1 aliphatic heterocycles. The van der Waals surface area contributed by atoms with E-state index >= 15 is 0 Å². The van der Waals surface area contributed by atoms with E-state index in [0.29, 0.717) is 6.04 Å². The molecule has 1 aromatic rings. The molecule has 4 nitrogen and oxygen atoms in total. The Bertz CT molecular complexity index is 500. The average molecular weight is 292 g/mol. The van der Waals surface area contributed by atoms with E-state index in [2.05, 4.69) is 43.8 Å². The molecule has 0 aromatic heterocycles. The Labute approximate surface area is 128 Å². The van der Waals surface area contributed by atoms with Crippen molar-refractivity contribution >= 4 is 0 Å². The summed E-state index contributed by atoms with van der Waals surface area (Å²) < 4.78 is 11.4. The van der Waals surface area contributed by atoms with E-state index in [1.165, 1.54) is 16.7 Å².